The molecule has 1 fully saturated rings. The molecule has 18 heteroatoms. The van der Waals surface area contributed by atoms with Gasteiger partial charge in [-0.1, -0.05) is 36.7 Å². The minimum atomic E-state index is -4.62. The molecule has 5 heterocycles. The van der Waals surface area contributed by atoms with E-state index < -0.39 is 29.1 Å². The third-order valence-electron chi connectivity index (χ3n) is 9.39. The number of hydrogen-bond acceptors (Lipinski definition) is 10. The van der Waals surface area contributed by atoms with Crippen molar-refractivity contribution in [1.29, 1.82) is 0 Å². The van der Waals surface area contributed by atoms with Gasteiger partial charge in [-0.15, -0.1) is 5.10 Å². The highest BCUT2D eigenvalue weighted by molar-refractivity contribution is 6.33. The van der Waals surface area contributed by atoms with Crippen molar-refractivity contribution in [1.82, 2.24) is 34.0 Å². The van der Waals surface area contributed by atoms with Gasteiger partial charge in [-0.2, -0.15) is 22.7 Å². The summed E-state index contributed by atoms with van der Waals surface area (Å²) in [5.41, 5.74) is 2.09. The molecule has 3 aromatic heterocycles. The second kappa shape index (κ2) is 14.1. The van der Waals surface area contributed by atoms with E-state index in [1.165, 1.54) is 11.2 Å². The van der Waals surface area contributed by atoms with Crippen molar-refractivity contribution in [3.8, 4) is 17.1 Å². The lowest BCUT2D eigenvalue weighted by Crippen LogP contribution is -2.51. The highest BCUT2D eigenvalue weighted by atomic mass is 35.5. The highest BCUT2D eigenvalue weighted by Gasteiger charge is 2.32. The lowest BCUT2D eigenvalue weighted by molar-refractivity contribution is -0.137. The number of alkyl halides is 3. The van der Waals surface area contributed by atoms with Crippen LogP contribution in [0.4, 0.5) is 24.5 Å². The first-order valence-electron chi connectivity index (χ1n) is 16.8. The molecule has 1 saturated heterocycles. The zero-order valence-electron chi connectivity index (χ0n) is 28.6. The van der Waals surface area contributed by atoms with E-state index in [0.717, 1.165) is 39.4 Å². The van der Waals surface area contributed by atoms with Crippen molar-refractivity contribution >= 4 is 40.6 Å². The third-order valence-corrected chi connectivity index (χ3v) is 9.70. The summed E-state index contributed by atoms with van der Waals surface area (Å²) in [5.74, 6) is -1.05. The standard InChI is InChI=1S/C35H33ClF3N9O5/c1-3-26-29(45-10-12-46(13-11-45)32(51)28-30(50)19(2)40-18-41-28)33(52)48-34(43-31(44-48)23-6-4-5-20-17-53-14-9-22(20)23)47(26)16-27(49)42-25-8-7-21(15-24(25)36)35(37,38)39/h4-8,15,18,50H,3,9-14,16-17H2,1-2H3,(H,42,49). The summed E-state index contributed by atoms with van der Waals surface area (Å²) in [7, 11) is 0. The summed E-state index contributed by atoms with van der Waals surface area (Å²) in [6, 6.07) is 8.31. The molecule has 14 nitrogen and oxygen atoms in total. The van der Waals surface area contributed by atoms with Crippen LogP contribution in [0.15, 0.2) is 47.5 Å². The smallest absolute Gasteiger partial charge is 0.416 e. The molecule has 0 radical (unpaired) electrons. The van der Waals surface area contributed by atoms with E-state index in [4.69, 9.17) is 21.3 Å². The van der Waals surface area contributed by atoms with Gasteiger partial charge < -0.3 is 29.5 Å². The molecule has 276 valence electrons. The quantitative estimate of drug-likeness (QED) is 0.246. The van der Waals surface area contributed by atoms with Gasteiger partial charge in [0.25, 0.3) is 11.5 Å². The van der Waals surface area contributed by atoms with E-state index >= 15 is 0 Å². The van der Waals surface area contributed by atoms with Crippen molar-refractivity contribution in [2.75, 3.05) is 43.0 Å². The van der Waals surface area contributed by atoms with Crippen LogP contribution in [0.3, 0.4) is 0 Å². The number of carbonyl (C=O) groups is 2. The fourth-order valence-corrected chi connectivity index (χ4v) is 6.93. The molecule has 2 amide bonds. The van der Waals surface area contributed by atoms with Crippen LogP contribution in [0.5, 0.6) is 5.75 Å². The van der Waals surface area contributed by atoms with Gasteiger partial charge >= 0.3 is 6.18 Å². The fraction of sp³-hybridized carbons (Fsp3) is 0.343. The molecule has 2 aliphatic heterocycles. The largest absolute Gasteiger partial charge is 0.504 e. The topological polar surface area (TPSA) is 160 Å². The van der Waals surface area contributed by atoms with Crippen LogP contribution in [0.25, 0.3) is 17.2 Å². The van der Waals surface area contributed by atoms with Gasteiger partial charge in [0.1, 0.15) is 18.6 Å². The van der Waals surface area contributed by atoms with E-state index in [1.54, 1.807) is 11.5 Å². The Morgan fingerprint density at radius 1 is 1.09 bits per heavy atom. The lowest BCUT2D eigenvalue weighted by Gasteiger charge is -2.36. The van der Waals surface area contributed by atoms with Gasteiger partial charge in [0.15, 0.2) is 17.3 Å². The minimum absolute atomic E-state index is 0.0222. The van der Waals surface area contributed by atoms with Crippen molar-refractivity contribution < 1.29 is 32.6 Å². The summed E-state index contributed by atoms with van der Waals surface area (Å²) >= 11 is 6.15. The van der Waals surface area contributed by atoms with E-state index in [1.807, 2.05) is 30.0 Å². The number of nitrogens with zero attached hydrogens (tertiary/aromatic N) is 8. The predicted molar refractivity (Wildman–Crippen MR) is 187 cm³/mol. The summed E-state index contributed by atoms with van der Waals surface area (Å²) < 4.78 is 48.1. The van der Waals surface area contributed by atoms with Gasteiger partial charge in [-0.3, -0.25) is 14.4 Å². The Kier molecular flexibility index (Phi) is 9.54. The first-order chi connectivity index (χ1) is 25.3. The number of aromatic hydroxyl groups is 1. The van der Waals surface area contributed by atoms with E-state index in [0.29, 0.717) is 25.3 Å². The van der Waals surface area contributed by atoms with Crippen molar-refractivity contribution in [2.24, 2.45) is 0 Å². The Morgan fingerprint density at radius 3 is 2.58 bits per heavy atom. The molecule has 0 saturated carbocycles. The van der Waals surface area contributed by atoms with Crippen LogP contribution in [-0.2, 0) is 41.7 Å². The first kappa shape index (κ1) is 35.8. The monoisotopic (exact) mass is 751 g/mol. The second-order valence-electron chi connectivity index (χ2n) is 12.6. The normalized spacial score (nSPS) is 14.8. The number of aryl methyl sites for hydroxylation is 1. The number of benzene rings is 2. The molecule has 0 atom stereocenters. The van der Waals surface area contributed by atoms with Crippen LogP contribution in [-0.4, -0.2) is 83.7 Å². The van der Waals surface area contributed by atoms with Crippen molar-refractivity contribution in [3.05, 3.63) is 91.9 Å². The summed E-state index contributed by atoms with van der Waals surface area (Å²) in [5, 5.41) is 17.4. The van der Waals surface area contributed by atoms with Gasteiger partial charge in [-0.05, 0) is 49.1 Å². The van der Waals surface area contributed by atoms with E-state index in [-0.39, 0.29) is 84.3 Å². The van der Waals surface area contributed by atoms with Gasteiger partial charge in [0, 0.05) is 31.7 Å². The Morgan fingerprint density at radius 2 is 1.87 bits per heavy atom. The van der Waals surface area contributed by atoms with E-state index in [2.05, 4.69) is 20.4 Å². The number of amides is 2. The minimum Gasteiger partial charge on any atom is -0.504 e. The Labute approximate surface area is 304 Å². The zero-order valence-corrected chi connectivity index (χ0v) is 29.3. The van der Waals surface area contributed by atoms with Crippen LogP contribution in [0.1, 0.15) is 45.5 Å². The summed E-state index contributed by atoms with van der Waals surface area (Å²) in [6.07, 6.45) is -2.52. The number of rotatable bonds is 7. The first-order valence-corrected chi connectivity index (χ1v) is 17.2. The van der Waals surface area contributed by atoms with Crippen molar-refractivity contribution in [3.63, 3.8) is 0 Å². The average Bonchev–Trinajstić information content (AvgIpc) is 3.60. The molecule has 0 unspecified atom stereocenters. The molecule has 2 aliphatic rings. The second-order valence-corrected chi connectivity index (χ2v) is 13.0. The van der Waals surface area contributed by atoms with Crippen LogP contribution >= 0.6 is 11.6 Å². The number of halogens is 4. The molecule has 2 N–H and O–H groups in total. The van der Waals surface area contributed by atoms with Crippen LogP contribution in [0, 0.1) is 6.92 Å². The number of fused-ring (bicyclic) bond motifs is 2. The predicted octanol–water partition coefficient (Wildman–Crippen LogP) is 4.27. The molecule has 2 aromatic carbocycles. The number of aromatic nitrogens is 6. The Balaban J connectivity index is 1.27. The molecule has 5 aromatic rings. The summed E-state index contributed by atoms with van der Waals surface area (Å²) in [6.45, 7) is 4.76. The van der Waals surface area contributed by atoms with Crippen LogP contribution in [0.2, 0.25) is 5.02 Å². The number of carbonyl (C=O) groups excluding carboxylic acids is 2. The SMILES string of the molecule is CCc1c(N2CCN(C(=O)c3ncnc(C)c3O)CC2)c(=O)n2nc(-c3cccc4c3CCOC4)nc2n1CC(=O)Nc1ccc(C(F)(F)F)cc1Cl. The number of hydrogen-bond donors (Lipinski definition) is 2. The van der Waals surface area contributed by atoms with E-state index in [9.17, 15) is 32.7 Å². The van der Waals surface area contributed by atoms with Gasteiger partial charge in [0.2, 0.25) is 11.7 Å². The van der Waals surface area contributed by atoms with Gasteiger partial charge in [0.05, 0.1) is 40.9 Å². The number of nitrogens with one attached hydrogen (secondary N) is 1. The zero-order chi connectivity index (χ0) is 37.6. The third kappa shape index (κ3) is 6.77. The fourth-order valence-electron chi connectivity index (χ4n) is 6.71. The Hall–Kier alpha value is -5.55. The number of anilines is 2. The summed E-state index contributed by atoms with van der Waals surface area (Å²) in [4.78, 5) is 57.3. The maximum Gasteiger partial charge on any atom is 0.416 e. The van der Waals surface area contributed by atoms with Crippen LogP contribution < -0.4 is 15.8 Å². The Bertz CT molecular complexity index is 2320. The lowest BCUT2D eigenvalue weighted by atomic mass is 9.97. The number of piperazine rings is 1. The maximum absolute atomic E-state index is 14.4. The molecule has 0 spiro atoms. The van der Waals surface area contributed by atoms with Crippen molar-refractivity contribution in [2.45, 2.75) is 46.0 Å². The highest BCUT2D eigenvalue weighted by Crippen LogP contribution is 2.34. The molecule has 53 heavy (non-hydrogen) atoms. The number of ether oxygens (including phenoxy) is 1. The average molecular weight is 752 g/mol. The molecule has 0 bridgehead atoms. The molecular formula is C35H33ClF3N9O5. The molecule has 7 rings (SSSR count). The molecule has 0 aliphatic carbocycles. The van der Waals surface area contributed by atoms with Gasteiger partial charge in [-0.25, -0.2) is 9.97 Å². The maximum atomic E-state index is 14.4. The molecular weight excluding hydrogens is 719 g/mol.